The molecule has 0 aliphatic heterocycles. The van der Waals surface area contributed by atoms with Crippen LogP contribution in [0.2, 0.25) is 0 Å². The molecule has 6 aromatic rings. The zero-order chi connectivity index (χ0) is 37.5. The minimum absolute atomic E-state index is 0.0223. The second-order valence-electron chi connectivity index (χ2n) is 20.1. The predicted molar refractivity (Wildman–Crippen MR) is 225 cm³/mol. The van der Waals surface area contributed by atoms with E-state index < -0.39 is 0 Å². The highest BCUT2D eigenvalue weighted by Crippen LogP contribution is 2.48. The van der Waals surface area contributed by atoms with Crippen molar-refractivity contribution in [3.8, 4) is 27.9 Å². The molecule has 0 unspecified atom stereocenters. The molecule has 51 heavy (non-hydrogen) atoms. The van der Waals surface area contributed by atoms with Crippen LogP contribution >= 0.6 is 0 Å². The lowest BCUT2D eigenvalue weighted by Gasteiger charge is -2.29. The lowest BCUT2D eigenvalue weighted by atomic mass is 9.75. The van der Waals surface area contributed by atoms with Crippen LogP contribution in [0.1, 0.15) is 132 Å². The Morgan fingerprint density at radius 2 is 0.784 bits per heavy atom. The Hall–Kier alpha value is -4.10. The Balaban J connectivity index is 1.84. The van der Waals surface area contributed by atoms with Gasteiger partial charge in [-0.1, -0.05) is 177 Å². The summed E-state index contributed by atoms with van der Waals surface area (Å²) < 4.78 is 2.50. The van der Waals surface area contributed by atoms with Gasteiger partial charge < -0.3 is 4.57 Å². The van der Waals surface area contributed by atoms with E-state index in [1.54, 1.807) is 0 Å². The van der Waals surface area contributed by atoms with Crippen molar-refractivity contribution in [3.05, 3.63) is 125 Å². The molecule has 0 N–H and O–H groups in total. The number of benzene rings is 5. The maximum absolute atomic E-state index is 2.50. The summed E-state index contributed by atoms with van der Waals surface area (Å²) in [6.45, 7) is 35.2. The Bertz CT molecular complexity index is 2170. The van der Waals surface area contributed by atoms with E-state index in [2.05, 4.69) is 205 Å². The average Bonchev–Trinajstić information content (AvgIpc) is 3.36. The minimum Gasteiger partial charge on any atom is -0.309 e. The molecule has 0 radical (unpaired) electrons. The highest BCUT2D eigenvalue weighted by Gasteiger charge is 2.30. The summed E-state index contributed by atoms with van der Waals surface area (Å²) in [4.78, 5) is 0. The Kier molecular flexibility index (Phi) is 8.81. The molecular weight excluding hydrogens is 615 g/mol. The van der Waals surface area contributed by atoms with E-state index in [0.29, 0.717) is 0 Å². The van der Waals surface area contributed by atoms with Crippen LogP contribution in [0.4, 0.5) is 0 Å². The first-order chi connectivity index (χ1) is 23.5. The highest BCUT2D eigenvalue weighted by atomic mass is 15.0. The van der Waals surface area contributed by atoms with Crippen molar-refractivity contribution >= 4 is 21.8 Å². The summed E-state index contributed by atoms with van der Waals surface area (Å²) in [5.74, 6) is 0. The number of hydrogen-bond donors (Lipinski definition) is 0. The highest BCUT2D eigenvalue weighted by molar-refractivity contribution is 6.18. The molecule has 0 saturated carbocycles. The molecule has 0 atom stereocenters. The molecule has 1 heteroatoms. The van der Waals surface area contributed by atoms with Gasteiger partial charge in [0.1, 0.15) is 0 Å². The lowest BCUT2D eigenvalue weighted by Crippen LogP contribution is -2.17. The third-order valence-corrected chi connectivity index (χ3v) is 10.7. The molecule has 6 rings (SSSR count). The fourth-order valence-electron chi connectivity index (χ4n) is 7.56. The zero-order valence-electron chi connectivity index (χ0n) is 34.2. The van der Waals surface area contributed by atoms with Gasteiger partial charge in [-0.15, -0.1) is 0 Å². The second-order valence-corrected chi connectivity index (χ2v) is 20.1. The number of rotatable bonds is 3. The van der Waals surface area contributed by atoms with E-state index in [1.807, 2.05) is 0 Å². The quantitative estimate of drug-likeness (QED) is 0.176. The van der Waals surface area contributed by atoms with Crippen molar-refractivity contribution in [3.63, 3.8) is 0 Å². The zero-order valence-corrected chi connectivity index (χ0v) is 34.2. The Morgan fingerprint density at radius 3 is 1.22 bits per heavy atom. The van der Waals surface area contributed by atoms with E-state index in [1.165, 1.54) is 77.6 Å². The molecule has 0 spiro atoms. The number of para-hydroxylation sites is 1. The SMILES string of the molecule is CC(C)(C)c1cc(-c2ccc3c(c2C(C)(C)C)c2c(-c4cc(C(C)(C)C)cc(C(C)(C)C)c4)cccc2n3-c2ccccc2)cc(C(C)(C)C)c1. The first kappa shape index (κ1) is 36.7. The number of fused-ring (bicyclic) bond motifs is 3. The monoisotopic (exact) mass is 675 g/mol. The molecule has 1 nitrogen and oxygen atoms in total. The smallest absolute Gasteiger partial charge is 0.0547 e. The van der Waals surface area contributed by atoms with Gasteiger partial charge in [0.15, 0.2) is 0 Å². The maximum Gasteiger partial charge on any atom is 0.0547 e. The molecule has 0 bridgehead atoms. The van der Waals surface area contributed by atoms with Gasteiger partial charge in [0, 0.05) is 16.5 Å². The van der Waals surface area contributed by atoms with E-state index >= 15 is 0 Å². The predicted octanol–water partition coefficient (Wildman–Crippen LogP) is 14.6. The molecule has 266 valence electrons. The van der Waals surface area contributed by atoms with Gasteiger partial charge in [0.2, 0.25) is 0 Å². The largest absolute Gasteiger partial charge is 0.309 e. The van der Waals surface area contributed by atoms with Gasteiger partial charge in [-0.25, -0.2) is 0 Å². The molecule has 0 aliphatic carbocycles. The third-order valence-electron chi connectivity index (χ3n) is 10.7. The van der Waals surface area contributed by atoms with Gasteiger partial charge in [-0.05, 0) is 101 Å². The average molecular weight is 676 g/mol. The summed E-state index contributed by atoms with van der Waals surface area (Å²) in [5.41, 5.74) is 15.8. The van der Waals surface area contributed by atoms with Crippen molar-refractivity contribution < 1.29 is 0 Å². The summed E-state index contributed by atoms with van der Waals surface area (Å²) >= 11 is 0. The van der Waals surface area contributed by atoms with Crippen molar-refractivity contribution in [1.82, 2.24) is 4.57 Å². The molecule has 1 heterocycles. The number of hydrogen-bond acceptors (Lipinski definition) is 0. The maximum atomic E-state index is 2.50. The summed E-state index contributed by atoms with van der Waals surface area (Å²) in [6.07, 6.45) is 0. The molecular formula is C50H61N. The minimum atomic E-state index is -0.138. The van der Waals surface area contributed by atoms with Gasteiger partial charge in [-0.3, -0.25) is 0 Å². The van der Waals surface area contributed by atoms with Gasteiger partial charge in [0.05, 0.1) is 11.0 Å². The fourth-order valence-corrected chi connectivity index (χ4v) is 7.56. The van der Waals surface area contributed by atoms with E-state index in [0.717, 1.165) is 0 Å². The first-order valence-corrected chi connectivity index (χ1v) is 19.0. The standard InChI is InChI=1S/C50H61N/c1-46(2,3)34-26-32(27-35(30-34)47(4,5)6)39-22-19-23-41-43(39)44-42(51(41)38-20-17-16-18-21-38)25-24-40(45(44)50(13,14)15)33-28-36(48(7,8)9)31-37(29-33)49(10,11)12/h16-31H,1-15H3. The van der Waals surface area contributed by atoms with Crippen LogP contribution in [0.25, 0.3) is 49.7 Å². The topological polar surface area (TPSA) is 4.93 Å². The van der Waals surface area contributed by atoms with Gasteiger partial charge in [0.25, 0.3) is 0 Å². The Morgan fingerprint density at radius 1 is 0.353 bits per heavy atom. The summed E-state index contributed by atoms with van der Waals surface area (Å²) in [7, 11) is 0. The van der Waals surface area contributed by atoms with E-state index in [9.17, 15) is 0 Å². The summed E-state index contributed by atoms with van der Waals surface area (Å²) in [6, 6.07) is 37.4. The summed E-state index contributed by atoms with van der Waals surface area (Å²) in [5, 5.41) is 2.68. The van der Waals surface area contributed by atoms with Crippen molar-refractivity contribution in [2.45, 2.75) is 131 Å². The first-order valence-electron chi connectivity index (χ1n) is 19.0. The molecule has 0 fully saturated rings. The van der Waals surface area contributed by atoms with E-state index in [4.69, 9.17) is 0 Å². The second kappa shape index (κ2) is 12.3. The molecule has 0 saturated heterocycles. The van der Waals surface area contributed by atoms with E-state index in [-0.39, 0.29) is 27.1 Å². The van der Waals surface area contributed by atoms with Crippen LogP contribution in [0.5, 0.6) is 0 Å². The van der Waals surface area contributed by atoms with Crippen LogP contribution in [0, 0.1) is 0 Å². The van der Waals surface area contributed by atoms with Crippen LogP contribution in [-0.4, -0.2) is 4.57 Å². The third kappa shape index (κ3) is 6.94. The van der Waals surface area contributed by atoms with Crippen molar-refractivity contribution in [1.29, 1.82) is 0 Å². The molecule has 5 aromatic carbocycles. The molecule has 0 aliphatic rings. The molecule has 1 aromatic heterocycles. The lowest BCUT2D eigenvalue weighted by molar-refractivity contribution is 0.568. The van der Waals surface area contributed by atoms with Crippen LogP contribution in [-0.2, 0) is 27.1 Å². The fraction of sp³-hybridized carbons (Fsp3) is 0.400. The van der Waals surface area contributed by atoms with Crippen LogP contribution < -0.4 is 0 Å². The number of aromatic nitrogens is 1. The van der Waals surface area contributed by atoms with Gasteiger partial charge in [-0.2, -0.15) is 0 Å². The Labute approximate surface area is 309 Å². The molecule has 0 amide bonds. The van der Waals surface area contributed by atoms with Crippen molar-refractivity contribution in [2.75, 3.05) is 0 Å². The number of nitrogens with zero attached hydrogens (tertiary/aromatic N) is 1. The van der Waals surface area contributed by atoms with Crippen LogP contribution in [0.15, 0.2) is 97.1 Å². The normalized spacial score (nSPS) is 13.4. The van der Waals surface area contributed by atoms with Crippen molar-refractivity contribution in [2.24, 2.45) is 0 Å². The van der Waals surface area contributed by atoms with Crippen LogP contribution in [0.3, 0.4) is 0 Å². The van der Waals surface area contributed by atoms with Gasteiger partial charge >= 0.3 is 0 Å².